The molecule has 1 aromatic heterocycles. The second-order valence-corrected chi connectivity index (χ2v) is 6.94. The summed E-state index contributed by atoms with van der Waals surface area (Å²) < 4.78 is 0. The van der Waals surface area contributed by atoms with Crippen LogP contribution in [0.2, 0.25) is 0 Å². The van der Waals surface area contributed by atoms with Crippen LogP contribution in [0.3, 0.4) is 0 Å². The van der Waals surface area contributed by atoms with Crippen molar-refractivity contribution in [3.05, 3.63) is 52.2 Å². The molecule has 1 fully saturated rings. The van der Waals surface area contributed by atoms with Crippen molar-refractivity contribution in [1.82, 2.24) is 4.90 Å². The molecule has 2 aromatic rings. The summed E-state index contributed by atoms with van der Waals surface area (Å²) in [6.45, 7) is 2.71. The number of piperidine rings is 1. The van der Waals surface area contributed by atoms with Gasteiger partial charge in [-0.2, -0.15) is 0 Å². The predicted octanol–water partition coefficient (Wildman–Crippen LogP) is 3.94. The lowest BCUT2D eigenvalue weighted by Crippen LogP contribution is -2.49. The number of aryl methyl sites for hydroxylation is 1. The summed E-state index contributed by atoms with van der Waals surface area (Å²) in [5.41, 5.74) is 1.96. The number of benzene rings is 1. The van der Waals surface area contributed by atoms with E-state index < -0.39 is 6.04 Å². The Kier molecular flexibility index (Phi) is 5.30. The zero-order chi connectivity index (χ0) is 16.9. The van der Waals surface area contributed by atoms with Gasteiger partial charge < -0.3 is 10.2 Å². The van der Waals surface area contributed by atoms with E-state index in [4.69, 9.17) is 0 Å². The van der Waals surface area contributed by atoms with Gasteiger partial charge >= 0.3 is 0 Å². The average molecular weight is 342 g/mol. The summed E-state index contributed by atoms with van der Waals surface area (Å²) in [4.78, 5) is 28.0. The Morgan fingerprint density at radius 1 is 1.21 bits per heavy atom. The number of anilines is 1. The average Bonchev–Trinajstić information content (AvgIpc) is 3.16. The maximum Gasteiger partial charge on any atom is 0.264 e. The second-order valence-electron chi connectivity index (χ2n) is 5.99. The van der Waals surface area contributed by atoms with Crippen molar-refractivity contribution in [3.8, 4) is 0 Å². The molecule has 4 nitrogen and oxygen atoms in total. The maximum absolute atomic E-state index is 12.8. The van der Waals surface area contributed by atoms with Crippen LogP contribution < -0.4 is 5.32 Å². The number of para-hydroxylation sites is 1. The fourth-order valence-electron chi connectivity index (χ4n) is 3.16. The number of hydrogen-bond acceptors (Lipinski definition) is 3. The second kappa shape index (κ2) is 7.62. The molecule has 0 aliphatic carbocycles. The Bertz CT molecular complexity index is 712. The highest BCUT2D eigenvalue weighted by Gasteiger charge is 2.33. The molecule has 2 heterocycles. The van der Waals surface area contributed by atoms with Crippen LogP contribution in [0.1, 0.15) is 41.4 Å². The smallest absolute Gasteiger partial charge is 0.264 e. The summed E-state index contributed by atoms with van der Waals surface area (Å²) in [6, 6.07) is 11.1. The van der Waals surface area contributed by atoms with E-state index in [0.717, 1.165) is 36.9 Å². The molecule has 0 radical (unpaired) electrons. The van der Waals surface area contributed by atoms with E-state index in [1.54, 1.807) is 4.90 Å². The molecular weight excluding hydrogens is 320 g/mol. The Morgan fingerprint density at radius 3 is 2.79 bits per heavy atom. The quantitative estimate of drug-likeness (QED) is 0.915. The highest BCUT2D eigenvalue weighted by atomic mass is 32.1. The first-order chi connectivity index (χ1) is 11.7. The molecule has 1 aliphatic rings. The van der Waals surface area contributed by atoms with Crippen LogP contribution in [-0.4, -0.2) is 29.3 Å². The fraction of sp³-hybridized carbons (Fsp3) is 0.368. The third-order valence-electron chi connectivity index (χ3n) is 4.45. The number of nitrogens with one attached hydrogen (secondary N) is 1. The minimum absolute atomic E-state index is 0.0337. The molecular formula is C19H22N2O2S. The van der Waals surface area contributed by atoms with Crippen LogP contribution in [0.25, 0.3) is 0 Å². The van der Waals surface area contributed by atoms with Gasteiger partial charge in [-0.25, -0.2) is 0 Å². The normalized spacial score (nSPS) is 17.5. The van der Waals surface area contributed by atoms with E-state index in [9.17, 15) is 9.59 Å². The Balaban J connectivity index is 1.77. The Morgan fingerprint density at radius 2 is 2.04 bits per heavy atom. The van der Waals surface area contributed by atoms with Gasteiger partial charge in [0.25, 0.3) is 5.91 Å². The standard InChI is InChI=1S/C19H22N2O2S/c1-2-14-8-3-4-9-15(14)20-18(22)16-10-5-6-12-21(16)19(23)17-11-7-13-24-17/h3-4,7-9,11,13,16H,2,5-6,10,12H2,1H3,(H,20,22). The lowest BCUT2D eigenvalue weighted by atomic mass is 10.0. The highest BCUT2D eigenvalue weighted by molar-refractivity contribution is 7.12. The first-order valence-electron chi connectivity index (χ1n) is 8.44. The minimum Gasteiger partial charge on any atom is -0.326 e. The van der Waals surface area contributed by atoms with Crippen molar-refractivity contribution in [2.24, 2.45) is 0 Å². The molecule has 1 N–H and O–H groups in total. The minimum atomic E-state index is -0.390. The Labute approximate surface area is 146 Å². The third kappa shape index (κ3) is 3.51. The molecule has 5 heteroatoms. The monoisotopic (exact) mass is 342 g/mol. The van der Waals surface area contributed by atoms with Gasteiger partial charge in [0.15, 0.2) is 0 Å². The zero-order valence-corrected chi connectivity index (χ0v) is 14.6. The number of nitrogens with zero attached hydrogens (tertiary/aromatic N) is 1. The zero-order valence-electron chi connectivity index (χ0n) is 13.8. The SMILES string of the molecule is CCc1ccccc1NC(=O)C1CCCCN1C(=O)c1cccs1. The largest absolute Gasteiger partial charge is 0.326 e. The van der Waals surface area contributed by atoms with Gasteiger partial charge in [0.05, 0.1) is 4.88 Å². The lowest BCUT2D eigenvalue weighted by molar-refractivity contribution is -0.121. The maximum atomic E-state index is 12.8. The summed E-state index contributed by atoms with van der Waals surface area (Å²) in [7, 11) is 0. The lowest BCUT2D eigenvalue weighted by Gasteiger charge is -2.34. The van der Waals surface area contributed by atoms with Crippen LogP contribution in [0, 0.1) is 0 Å². The van der Waals surface area contributed by atoms with Crippen molar-refractivity contribution >= 4 is 28.8 Å². The van der Waals surface area contributed by atoms with Crippen molar-refractivity contribution in [3.63, 3.8) is 0 Å². The van der Waals surface area contributed by atoms with Crippen LogP contribution >= 0.6 is 11.3 Å². The van der Waals surface area contributed by atoms with Gasteiger partial charge in [0, 0.05) is 12.2 Å². The van der Waals surface area contributed by atoms with E-state index in [0.29, 0.717) is 11.4 Å². The predicted molar refractivity (Wildman–Crippen MR) is 97.4 cm³/mol. The first kappa shape index (κ1) is 16.7. The molecule has 1 saturated heterocycles. The molecule has 0 spiro atoms. The number of hydrogen-bond donors (Lipinski definition) is 1. The van der Waals surface area contributed by atoms with Gasteiger partial charge in [-0.15, -0.1) is 11.3 Å². The molecule has 2 amide bonds. The molecule has 1 aliphatic heterocycles. The molecule has 126 valence electrons. The van der Waals surface area contributed by atoms with E-state index in [-0.39, 0.29) is 11.8 Å². The number of amides is 2. The molecule has 0 bridgehead atoms. The van der Waals surface area contributed by atoms with Crippen LogP contribution in [0.4, 0.5) is 5.69 Å². The molecule has 1 unspecified atom stereocenters. The summed E-state index contributed by atoms with van der Waals surface area (Å²) >= 11 is 1.43. The van der Waals surface area contributed by atoms with E-state index >= 15 is 0 Å². The van der Waals surface area contributed by atoms with E-state index in [2.05, 4.69) is 12.2 Å². The van der Waals surface area contributed by atoms with Crippen molar-refractivity contribution in [1.29, 1.82) is 0 Å². The summed E-state index contributed by atoms with van der Waals surface area (Å²) in [5.74, 6) is -0.117. The van der Waals surface area contributed by atoms with Gasteiger partial charge in [0.1, 0.15) is 6.04 Å². The van der Waals surface area contributed by atoms with Gasteiger partial charge in [0.2, 0.25) is 5.91 Å². The molecule has 3 rings (SSSR count). The molecule has 1 atom stereocenters. The topological polar surface area (TPSA) is 49.4 Å². The number of thiophene rings is 1. The number of carbonyl (C=O) groups is 2. The van der Waals surface area contributed by atoms with Crippen LogP contribution in [0.15, 0.2) is 41.8 Å². The van der Waals surface area contributed by atoms with Crippen molar-refractivity contribution in [2.75, 3.05) is 11.9 Å². The molecule has 1 aromatic carbocycles. The fourth-order valence-corrected chi connectivity index (χ4v) is 3.83. The first-order valence-corrected chi connectivity index (χ1v) is 9.32. The third-order valence-corrected chi connectivity index (χ3v) is 5.31. The molecule has 24 heavy (non-hydrogen) atoms. The van der Waals surface area contributed by atoms with Crippen molar-refractivity contribution < 1.29 is 9.59 Å². The van der Waals surface area contributed by atoms with Gasteiger partial charge in [-0.1, -0.05) is 31.2 Å². The van der Waals surface area contributed by atoms with Crippen LogP contribution in [-0.2, 0) is 11.2 Å². The van der Waals surface area contributed by atoms with Crippen molar-refractivity contribution in [2.45, 2.75) is 38.6 Å². The number of rotatable bonds is 4. The summed E-state index contributed by atoms with van der Waals surface area (Å²) in [6.07, 6.45) is 3.50. The highest BCUT2D eigenvalue weighted by Crippen LogP contribution is 2.24. The molecule has 0 saturated carbocycles. The van der Waals surface area contributed by atoms with Crippen LogP contribution in [0.5, 0.6) is 0 Å². The van der Waals surface area contributed by atoms with Gasteiger partial charge in [-0.05, 0) is 48.8 Å². The number of carbonyl (C=O) groups excluding carboxylic acids is 2. The van der Waals surface area contributed by atoms with E-state index in [1.165, 1.54) is 11.3 Å². The Hall–Kier alpha value is -2.14. The van der Waals surface area contributed by atoms with E-state index in [1.807, 2.05) is 41.8 Å². The summed E-state index contributed by atoms with van der Waals surface area (Å²) in [5, 5.41) is 4.92. The van der Waals surface area contributed by atoms with Gasteiger partial charge in [-0.3, -0.25) is 9.59 Å². The number of likely N-dealkylation sites (tertiary alicyclic amines) is 1.